The number of benzene rings is 4. The summed E-state index contributed by atoms with van der Waals surface area (Å²) in [5.74, 6) is -2.23. The summed E-state index contributed by atoms with van der Waals surface area (Å²) in [4.78, 5) is 70.2. The van der Waals surface area contributed by atoms with E-state index in [1.54, 1.807) is 111 Å². The first-order valence-electron chi connectivity index (χ1n) is 24.5. The molecule has 0 N–H and O–H groups in total. The van der Waals surface area contributed by atoms with Crippen molar-refractivity contribution < 1.29 is 47.7 Å². The van der Waals surface area contributed by atoms with Crippen molar-refractivity contribution in [3.8, 4) is 0 Å². The second kappa shape index (κ2) is 17.1. The summed E-state index contributed by atoms with van der Waals surface area (Å²) < 4.78 is 33.5. The topological polar surface area (TPSA) is 135 Å². The summed E-state index contributed by atoms with van der Waals surface area (Å²) in [6.07, 6.45) is 2.21. The van der Waals surface area contributed by atoms with E-state index in [2.05, 4.69) is 41.5 Å². The van der Waals surface area contributed by atoms with E-state index in [1.165, 1.54) is 0 Å². The number of esters is 4. The number of hydrogen-bond donors (Lipinski definition) is 0. The van der Waals surface area contributed by atoms with Crippen molar-refractivity contribution >= 4 is 29.7 Å². The van der Waals surface area contributed by atoms with E-state index in [4.69, 9.17) is 23.7 Å². The molecule has 1 spiro atoms. The third-order valence-electron chi connectivity index (χ3n) is 18.2. The van der Waals surface area contributed by atoms with Gasteiger partial charge >= 0.3 is 23.9 Å². The van der Waals surface area contributed by atoms with Crippen molar-refractivity contribution in [1.29, 1.82) is 0 Å². The molecule has 4 saturated carbocycles. The Balaban J connectivity index is 1.10. The van der Waals surface area contributed by atoms with Crippen molar-refractivity contribution in [2.75, 3.05) is 0 Å². The van der Waals surface area contributed by atoms with E-state index in [-0.39, 0.29) is 52.0 Å². The number of hydrogen-bond acceptors (Lipinski definition) is 10. The molecule has 358 valence electrons. The van der Waals surface area contributed by atoms with Gasteiger partial charge in [0.2, 0.25) is 0 Å². The molecule has 11 atom stereocenters. The van der Waals surface area contributed by atoms with Crippen LogP contribution in [0.4, 0.5) is 0 Å². The van der Waals surface area contributed by atoms with Crippen LogP contribution >= 0.6 is 0 Å². The summed E-state index contributed by atoms with van der Waals surface area (Å²) in [7, 11) is 0. The maximum atomic E-state index is 14.3. The molecule has 5 aliphatic rings. The number of ether oxygens (including phenoxy) is 5. The summed E-state index contributed by atoms with van der Waals surface area (Å²) in [5.41, 5.74) is -3.11. The van der Waals surface area contributed by atoms with E-state index >= 15 is 0 Å². The fraction of sp³-hybridized carbons (Fsp3) is 0.500. The summed E-state index contributed by atoms with van der Waals surface area (Å²) in [5, 5.41) is 0. The van der Waals surface area contributed by atoms with Gasteiger partial charge in [-0.25, -0.2) is 19.2 Å². The Bertz CT molecular complexity index is 2560. The lowest BCUT2D eigenvalue weighted by Crippen LogP contribution is -2.69. The number of carbonyl (C=O) groups excluding carboxylic acids is 5. The smallest absolute Gasteiger partial charge is 0.338 e. The number of ketones is 1. The van der Waals surface area contributed by atoms with E-state index in [9.17, 15) is 24.0 Å². The largest absolute Gasteiger partial charge is 0.458 e. The highest BCUT2D eigenvalue weighted by molar-refractivity contribution is 5.92. The third kappa shape index (κ3) is 7.51. The molecule has 9 rings (SSSR count). The lowest BCUT2D eigenvalue weighted by Gasteiger charge is -2.69. The van der Waals surface area contributed by atoms with E-state index in [0.717, 1.165) is 25.7 Å². The van der Waals surface area contributed by atoms with E-state index < -0.39 is 58.4 Å². The van der Waals surface area contributed by atoms with Crippen molar-refractivity contribution in [2.45, 2.75) is 142 Å². The van der Waals surface area contributed by atoms with Gasteiger partial charge in [-0.1, -0.05) is 114 Å². The quantitative estimate of drug-likeness (QED) is 0.0724. The van der Waals surface area contributed by atoms with Crippen molar-refractivity contribution in [2.24, 2.45) is 39.4 Å². The van der Waals surface area contributed by atoms with E-state index in [0.29, 0.717) is 41.7 Å². The molecule has 0 amide bonds. The van der Waals surface area contributed by atoms with Gasteiger partial charge in [0.05, 0.1) is 22.3 Å². The van der Waals surface area contributed by atoms with Crippen LogP contribution in [0.15, 0.2) is 121 Å². The predicted octanol–water partition coefficient (Wildman–Crippen LogP) is 11.5. The van der Waals surface area contributed by atoms with Crippen LogP contribution in [0, 0.1) is 39.4 Å². The van der Waals surface area contributed by atoms with Crippen LogP contribution in [0.3, 0.4) is 0 Å². The molecule has 0 radical (unpaired) electrons. The van der Waals surface area contributed by atoms with Gasteiger partial charge in [-0.3, -0.25) is 4.79 Å². The number of carbonyl (C=O) groups is 5. The van der Waals surface area contributed by atoms with Gasteiger partial charge in [-0.2, -0.15) is 0 Å². The fourth-order valence-electron chi connectivity index (χ4n) is 14.6. The van der Waals surface area contributed by atoms with Crippen molar-refractivity contribution in [3.05, 3.63) is 144 Å². The Labute approximate surface area is 400 Å². The summed E-state index contributed by atoms with van der Waals surface area (Å²) >= 11 is 0. The zero-order valence-electron chi connectivity index (χ0n) is 40.8. The molecule has 4 aromatic rings. The molecule has 1 heterocycles. The van der Waals surface area contributed by atoms with Crippen molar-refractivity contribution in [3.63, 3.8) is 0 Å². The van der Waals surface area contributed by atoms with Crippen LogP contribution in [0.5, 0.6) is 0 Å². The van der Waals surface area contributed by atoms with Gasteiger partial charge in [-0.15, -0.1) is 0 Å². The molecule has 1 saturated heterocycles. The highest BCUT2D eigenvalue weighted by Crippen LogP contribution is 2.84. The van der Waals surface area contributed by atoms with E-state index in [1.807, 2.05) is 24.3 Å². The van der Waals surface area contributed by atoms with Gasteiger partial charge < -0.3 is 23.7 Å². The minimum atomic E-state index is -1.52. The molecular weight excluding hydrogens is 857 g/mol. The Kier molecular flexibility index (Phi) is 11.9. The first-order chi connectivity index (χ1) is 32.2. The SMILES string of the molecule is C[C@H](C[C@H](OC(=O)c1ccccc1)[C@@H](OC(=O)c1ccccc1)C(C)(C)OC(=O)c1ccccc1)[C@]12CC[C@@]3(C)[C@@]1(C[C@H](OC(=O)c1ccccc1)[C@H]1[C@@]4(C)CCC(=O)C(C)(C)[C@@H]4CC[C@@]13C)O2. The lowest BCUT2D eigenvalue weighted by atomic mass is 9.34. The monoisotopic (exact) mass is 922 g/mol. The minimum Gasteiger partial charge on any atom is -0.458 e. The Hall–Kier alpha value is -5.61. The molecule has 10 heteroatoms. The molecule has 0 aromatic heterocycles. The van der Waals surface area contributed by atoms with Gasteiger partial charge in [0, 0.05) is 29.6 Å². The maximum absolute atomic E-state index is 14.3. The highest BCUT2D eigenvalue weighted by Gasteiger charge is 2.89. The number of epoxide rings is 1. The standard InChI is InChI=1S/C58H66O10/c1-37(35-42(64-48(60)38-21-13-9-14-22-38)47(66-50(62)40-25-17-11-18-26-40)53(4,5)67-51(63)41-27-19-12-20-28-41)57-34-33-56(8)55(7)32-29-44-52(2,3)45(59)30-31-54(44,6)46(55)43(36-58(56,57)68-57)65-49(61)39-23-15-10-16-24-39/h9-28,37,42-44,46-47H,29-36H2,1-8H3/t37-,42+,43+,44+,46+,47-,54+,55+,56-,57-,58-/m1/s1. The van der Waals surface area contributed by atoms with Crippen molar-refractivity contribution in [1.82, 2.24) is 0 Å². The molecule has 4 aromatic carbocycles. The Morgan fingerprint density at radius 2 is 1.16 bits per heavy atom. The number of rotatable bonds is 13. The Morgan fingerprint density at radius 1 is 0.662 bits per heavy atom. The first-order valence-corrected chi connectivity index (χ1v) is 24.5. The van der Waals surface area contributed by atoms with Crippen LogP contribution < -0.4 is 0 Å². The number of Topliss-reactive ketones (excluding diaryl/α,β-unsaturated/α-hetero) is 1. The first kappa shape index (κ1) is 47.5. The second-order valence-corrected chi connectivity index (χ2v) is 22.3. The molecule has 0 unspecified atom stereocenters. The minimum absolute atomic E-state index is 0.0545. The van der Waals surface area contributed by atoms with Crippen LogP contribution in [0.25, 0.3) is 0 Å². The Morgan fingerprint density at radius 3 is 1.71 bits per heavy atom. The summed E-state index contributed by atoms with van der Waals surface area (Å²) in [6, 6.07) is 35.0. The predicted molar refractivity (Wildman–Crippen MR) is 256 cm³/mol. The van der Waals surface area contributed by atoms with Gasteiger partial charge in [0.25, 0.3) is 0 Å². The molecule has 4 aliphatic carbocycles. The zero-order valence-corrected chi connectivity index (χ0v) is 40.8. The summed E-state index contributed by atoms with van der Waals surface area (Å²) in [6.45, 7) is 16.8. The highest BCUT2D eigenvalue weighted by atomic mass is 16.6. The zero-order chi connectivity index (χ0) is 48.5. The maximum Gasteiger partial charge on any atom is 0.338 e. The van der Waals surface area contributed by atoms with Gasteiger partial charge in [0.1, 0.15) is 34.8 Å². The molecule has 1 aliphatic heterocycles. The number of fused-ring (bicyclic) bond motifs is 4. The third-order valence-corrected chi connectivity index (χ3v) is 18.2. The normalized spacial score (nSPS) is 32.4. The lowest BCUT2D eigenvalue weighted by molar-refractivity contribution is -0.242. The van der Waals surface area contributed by atoms with Gasteiger partial charge in [0.15, 0.2) is 6.10 Å². The molecular formula is C58H66O10. The van der Waals surface area contributed by atoms with Gasteiger partial charge in [-0.05, 0) is 124 Å². The molecule has 5 fully saturated rings. The van der Waals surface area contributed by atoms with Crippen LogP contribution in [-0.4, -0.2) is 64.8 Å². The fourth-order valence-corrected chi connectivity index (χ4v) is 14.6. The average Bonchev–Trinajstić information content (AvgIpc) is 3.92. The van der Waals surface area contributed by atoms with Crippen LogP contribution in [-0.2, 0) is 28.5 Å². The molecule has 68 heavy (non-hydrogen) atoms. The van der Waals surface area contributed by atoms with Crippen LogP contribution in [0.2, 0.25) is 0 Å². The average molecular weight is 923 g/mol. The molecule has 0 bridgehead atoms. The van der Waals surface area contributed by atoms with Crippen LogP contribution in [0.1, 0.15) is 148 Å². The molecule has 10 nitrogen and oxygen atoms in total. The second-order valence-electron chi connectivity index (χ2n) is 22.3.